The van der Waals surface area contributed by atoms with E-state index in [9.17, 15) is 0 Å². The van der Waals surface area contributed by atoms with Crippen molar-refractivity contribution in [3.05, 3.63) is 15.6 Å². The van der Waals surface area contributed by atoms with Crippen LogP contribution in [0.5, 0.6) is 0 Å². The van der Waals surface area contributed by atoms with Gasteiger partial charge in [0.05, 0.1) is 10.5 Å². The molecule has 0 fully saturated rings. The van der Waals surface area contributed by atoms with E-state index < -0.39 is 0 Å². The van der Waals surface area contributed by atoms with E-state index in [1.54, 1.807) is 0 Å². The van der Waals surface area contributed by atoms with Crippen LogP contribution in [0.3, 0.4) is 0 Å². The van der Waals surface area contributed by atoms with Crippen LogP contribution in [0, 0.1) is 19.8 Å². The fraction of sp³-hybridized carbons (Fsp3) is 0.700. The average molecular weight is 262 g/mol. The topological polar surface area (TPSA) is 12.9 Å². The summed E-state index contributed by atoms with van der Waals surface area (Å²) in [5, 5.41) is 1.23. The number of alkyl halides is 1. The maximum absolute atomic E-state index is 4.55. The highest BCUT2D eigenvalue weighted by Crippen LogP contribution is 2.35. The third-order valence-corrected chi connectivity index (χ3v) is 5.22. The molecule has 0 saturated heterocycles. The monoisotopic (exact) mass is 261 g/mol. The molecule has 0 aliphatic carbocycles. The van der Waals surface area contributed by atoms with Gasteiger partial charge in [-0.15, -0.1) is 11.3 Å². The molecular formula is C10H16BrNS. The van der Waals surface area contributed by atoms with Gasteiger partial charge in [-0.3, -0.25) is 0 Å². The summed E-state index contributed by atoms with van der Waals surface area (Å²) in [5.41, 5.74) is 1.17. The Labute approximate surface area is 92.7 Å². The van der Waals surface area contributed by atoms with Crippen molar-refractivity contribution in [1.82, 2.24) is 4.98 Å². The summed E-state index contributed by atoms with van der Waals surface area (Å²) in [7, 11) is 0. The molecule has 1 heterocycles. The van der Waals surface area contributed by atoms with Crippen LogP contribution in [0.2, 0.25) is 0 Å². The molecule has 1 rings (SSSR count). The zero-order chi connectivity index (χ0) is 10.0. The third-order valence-electron chi connectivity index (χ3n) is 2.42. The van der Waals surface area contributed by atoms with E-state index >= 15 is 0 Å². The zero-order valence-electron chi connectivity index (χ0n) is 8.60. The number of hydrogen-bond donors (Lipinski definition) is 0. The van der Waals surface area contributed by atoms with Gasteiger partial charge >= 0.3 is 0 Å². The smallest absolute Gasteiger partial charge is 0.107 e. The second kappa shape index (κ2) is 4.56. The molecule has 0 amide bonds. The van der Waals surface area contributed by atoms with Crippen molar-refractivity contribution >= 4 is 27.3 Å². The van der Waals surface area contributed by atoms with Gasteiger partial charge in [0.2, 0.25) is 0 Å². The Hall–Kier alpha value is 0.110. The van der Waals surface area contributed by atoms with Crippen LogP contribution in [-0.4, -0.2) is 4.98 Å². The van der Waals surface area contributed by atoms with Crippen LogP contribution in [-0.2, 0) is 0 Å². The molecule has 2 atom stereocenters. The molecule has 0 aromatic carbocycles. The van der Waals surface area contributed by atoms with E-state index in [1.807, 2.05) is 11.3 Å². The van der Waals surface area contributed by atoms with Crippen LogP contribution < -0.4 is 0 Å². The van der Waals surface area contributed by atoms with Gasteiger partial charge in [-0.1, -0.05) is 36.2 Å². The summed E-state index contributed by atoms with van der Waals surface area (Å²) in [4.78, 5) is 6.31. The van der Waals surface area contributed by atoms with Crippen molar-refractivity contribution in [3.8, 4) is 0 Å². The molecule has 3 heteroatoms. The zero-order valence-corrected chi connectivity index (χ0v) is 11.0. The van der Waals surface area contributed by atoms with Crippen molar-refractivity contribution in [2.24, 2.45) is 5.92 Å². The first-order chi connectivity index (χ1) is 6.06. The Morgan fingerprint density at radius 2 is 2.08 bits per heavy atom. The lowest BCUT2D eigenvalue weighted by atomic mass is 10.1. The molecule has 1 aromatic rings. The standard InChI is InChI=1S/C10H16BrNS/c1-5-6(2)9(11)10-12-7(3)8(4)13-10/h6,9H,5H2,1-4H3. The summed E-state index contributed by atoms with van der Waals surface area (Å²) < 4.78 is 0. The van der Waals surface area contributed by atoms with E-state index in [0.717, 1.165) is 0 Å². The van der Waals surface area contributed by atoms with Gasteiger partial charge in [0.25, 0.3) is 0 Å². The number of halogens is 1. The molecule has 1 nitrogen and oxygen atoms in total. The minimum Gasteiger partial charge on any atom is -0.245 e. The van der Waals surface area contributed by atoms with Crippen LogP contribution in [0.1, 0.15) is 40.7 Å². The number of nitrogens with zero attached hydrogens (tertiary/aromatic N) is 1. The molecule has 1 aromatic heterocycles. The molecule has 0 N–H and O–H groups in total. The maximum atomic E-state index is 4.55. The van der Waals surface area contributed by atoms with E-state index in [0.29, 0.717) is 10.7 Å². The largest absolute Gasteiger partial charge is 0.245 e. The van der Waals surface area contributed by atoms with Gasteiger partial charge in [-0.2, -0.15) is 0 Å². The van der Waals surface area contributed by atoms with Crippen molar-refractivity contribution in [2.75, 3.05) is 0 Å². The first-order valence-corrected chi connectivity index (χ1v) is 6.37. The van der Waals surface area contributed by atoms with Gasteiger partial charge in [-0.25, -0.2) is 4.98 Å². The summed E-state index contributed by atoms with van der Waals surface area (Å²) in [5.74, 6) is 0.657. The Morgan fingerprint density at radius 1 is 1.46 bits per heavy atom. The Morgan fingerprint density at radius 3 is 2.46 bits per heavy atom. The van der Waals surface area contributed by atoms with E-state index in [-0.39, 0.29) is 0 Å². The normalized spacial score (nSPS) is 15.8. The molecule has 0 saturated carbocycles. The van der Waals surface area contributed by atoms with Crippen molar-refractivity contribution < 1.29 is 0 Å². The molecule has 0 aliphatic heterocycles. The summed E-state index contributed by atoms with van der Waals surface area (Å²) in [6, 6.07) is 0. The van der Waals surface area contributed by atoms with Crippen LogP contribution >= 0.6 is 27.3 Å². The molecule has 74 valence electrons. The number of hydrogen-bond acceptors (Lipinski definition) is 2. The lowest BCUT2D eigenvalue weighted by molar-refractivity contribution is 0.553. The first-order valence-electron chi connectivity index (χ1n) is 4.64. The molecule has 2 unspecified atom stereocenters. The minimum absolute atomic E-state index is 0.426. The maximum Gasteiger partial charge on any atom is 0.107 e. The highest BCUT2D eigenvalue weighted by molar-refractivity contribution is 9.09. The summed E-state index contributed by atoms with van der Waals surface area (Å²) >= 11 is 5.52. The third kappa shape index (κ3) is 2.53. The number of aromatic nitrogens is 1. The van der Waals surface area contributed by atoms with Crippen LogP contribution in [0.15, 0.2) is 0 Å². The molecule has 0 bridgehead atoms. The molecule has 0 aliphatic rings. The van der Waals surface area contributed by atoms with Crippen molar-refractivity contribution in [3.63, 3.8) is 0 Å². The Kier molecular flexibility index (Phi) is 3.92. The van der Waals surface area contributed by atoms with Gasteiger partial charge in [0.15, 0.2) is 0 Å². The number of rotatable bonds is 3. The molecular weight excluding hydrogens is 246 g/mol. The van der Waals surface area contributed by atoms with Gasteiger partial charge in [-0.05, 0) is 19.8 Å². The molecule has 0 radical (unpaired) electrons. The second-order valence-electron chi connectivity index (χ2n) is 3.48. The fourth-order valence-electron chi connectivity index (χ4n) is 1.07. The average Bonchev–Trinajstić information content (AvgIpc) is 2.44. The highest BCUT2D eigenvalue weighted by atomic mass is 79.9. The first kappa shape index (κ1) is 11.2. The van der Waals surface area contributed by atoms with Gasteiger partial charge in [0, 0.05) is 4.88 Å². The van der Waals surface area contributed by atoms with Gasteiger partial charge in [0.1, 0.15) is 5.01 Å². The fourth-order valence-corrected chi connectivity index (χ4v) is 2.86. The van der Waals surface area contributed by atoms with Gasteiger partial charge < -0.3 is 0 Å². The van der Waals surface area contributed by atoms with E-state index in [2.05, 4.69) is 48.6 Å². The van der Waals surface area contributed by atoms with Crippen LogP contribution in [0.25, 0.3) is 0 Å². The van der Waals surface area contributed by atoms with E-state index in [1.165, 1.54) is 22.0 Å². The van der Waals surface area contributed by atoms with Crippen molar-refractivity contribution in [1.29, 1.82) is 0 Å². The lowest BCUT2D eigenvalue weighted by Crippen LogP contribution is -2.01. The summed E-state index contributed by atoms with van der Waals surface area (Å²) in [6.45, 7) is 8.68. The Balaban J connectivity index is 2.82. The highest BCUT2D eigenvalue weighted by Gasteiger charge is 2.18. The predicted octanol–water partition coefficient (Wildman–Crippen LogP) is 4.24. The number of thiazole rings is 1. The molecule has 13 heavy (non-hydrogen) atoms. The SMILES string of the molecule is CCC(C)C(Br)c1nc(C)c(C)s1. The second-order valence-corrected chi connectivity index (χ2v) is 5.70. The van der Waals surface area contributed by atoms with Crippen molar-refractivity contribution in [2.45, 2.75) is 38.9 Å². The molecule has 0 spiro atoms. The quantitative estimate of drug-likeness (QED) is 0.742. The minimum atomic E-state index is 0.426. The van der Waals surface area contributed by atoms with E-state index in [4.69, 9.17) is 0 Å². The van der Waals surface area contributed by atoms with Crippen LogP contribution in [0.4, 0.5) is 0 Å². The lowest BCUT2D eigenvalue weighted by Gasteiger charge is -2.13. The number of aryl methyl sites for hydroxylation is 2. The summed E-state index contributed by atoms with van der Waals surface area (Å²) in [6.07, 6.45) is 1.19. The Bertz CT molecular complexity index is 263. The predicted molar refractivity (Wildman–Crippen MR) is 62.7 cm³/mol.